The van der Waals surface area contributed by atoms with Crippen molar-refractivity contribution in [2.75, 3.05) is 6.54 Å². The summed E-state index contributed by atoms with van der Waals surface area (Å²) in [5.74, 6) is -0.781. The fourth-order valence-corrected chi connectivity index (χ4v) is 4.01. The zero-order chi connectivity index (χ0) is 21.4. The summed E-state index contributed by atoms with van der Waals surface area (Å²) in [5, 5.41) is 5.15. The first-order valence-corrected chi connectivity index (χ1v) is 9.62. The maximum absolute atomic E-state index is 13.4. The number of nitrogens with zero attached hydrogens (tertiary/aromatic N) is 1. The van der Waals surface area contributed by atoms with Gasteiger partial charge in [0.1, 0.15) is 12.1 Å². The van der Waals surface area contributed by atoms with E-state index in [4.69, 9.17) is 0 Å². The third-order valence-corrected chi connectivity index (χ3v) is 5.73. The number of carbonyl (C=O) groups excluding carboxylic acids is 3. The summed E-state index contributed by atoms with van der Waals surface area (Å²) in [6, 6.07) is 3.70. The molecule has 1 saturated heterocycles. The Morgan fingerprint density at radius 3 is 2.45 bits per heavy atom. The molecule has 4 amide bonds. The van der Waals surface area contributed by atoms with E-state index in [0.29, 0.717) is 10.8 Å². The molecule has 9 heteroatoms. The SMILES string of the molecule is CC1CCC(NC(=O)CN2C(=O)NC(C)(c3ccccc3C(F)(F)F)C2=O)CC1. The molecule has 1 atom stereocenters. The first kappa shape index (κ1) is 21.1. The highest BCUT2D eigenvalue weighted by atomic mass is 19.4. The van der Waals surface area contributed by atoms with Crippen LogP contribution in [0.2, 0.25) is 0 Å². The van der Waals surface area contributed by atoms with Gasteiger partial charge in [-0.3, -0.25) is 14.5 Å². The van der Waals surface area contributed by atoms with Gasteiger partial charge in [0.15, 0.2) is 0 Å². The predicted octanol–water partition coefficient (Wildman–Crippen LogP) is 3.17. The molecule has 6 nitrogen and oxygen atoms in total. The Balaban J connectivity index is 1.75. The minimum Gasteiger partial charge on any atom is -0.352 e. The van der Waals surface area contributed by atoms with Gasteiger partial charge in [-0.15, -0.1) is 0 Å². The van der Waals surface area contributed by atoms with Crippen molar-refractivity contribution in [3.63, 3.8) is 0 Å². The molecule has 0 aromatic heterocycles. The molecule has 0 bridgehead atoms. The van der Waals surface area contributed by atoms with Crippen molar-refractivity contribution in [3.8, 4) is 0 Å². The average molecular weight is 411 g/mol. The highest BCUT2D eigenvalue weighted by Gasteiger charge is 2.52. The first-order valence-electron chi connectivity index (χ1n) is 9.62. The van der Waals surface area contributed by atoms with E-state index in [9.17, 15) is 27.6 Å². The van der Waals surface area contributed by atoms with Gasteiger partial charge in [-0.2, -0.15) is 13.2 Å². The van der Waals surface area contributed by atoms with Crippen molar-refractivity contribution in [1.82, 2.24) is 15.5 Å². The summed E-state index contributed by atoms with van der Waals surface area (Å²) < 4.78 is 40.2. The van der Waals surface area contributed by atoms with Crippen LogP contribution in [-0.2, 0) is 21.3 Å². The van der Waals surface area contributed by atoms with Gasteiger partial charge in [0.2, 0.25) is 5.91 Å². The number of nitrogens with one attached hydrogen (secondary N) is 2. The lowest BCUT2D eigenvalue weighted by molar-refractivity contribution is -0.140. The van der Waals surface area contributed by atoms with Crippen LogP contribution in [0.3, 0.4) is 0 Å². The van der Waals surface area contributed by atoms with Crippen LogP contribution in [0.15, 0.2) is 24.3 Å². The fourth-order valence-electron chi connectivity index (χ4n) is 4.01. The van der Waals surface area contributed by atoms with Crippen molar-refractivity contribution in [2.24, 2.45) is 5.92 Å². The zero-order valence-electron chi connectivity index (χ0n) is 16.3. The lowest BCUT2D eigenvalue weighted by Gasteiger charge is -2.28. The molecule has 2 N–H and O–H groups in total. The number of hydrogen-bond donors (Lipinski definition) is 2. The predicted molar refractivity (Wildman–Crippen MR) is 98.6 cm³/mol. The van der Waals surface area contributed by atoms with Crippen LogP contribution >= 0.6 is 0 Å². The molecule has 3 rings (SSSR count). The van der Waals surface area contributed by atoms with Crippen LogP contribution in [0.4, 0.5) is 18.0 Å². The molecule has 2 aliphatic rings. The molecule has 2 fully saturated rings. The van der Waals surface area contributed by atoms with E-state index in [-0.39, 0.29) is 11.6 Å². The van der Waals surface area contributed by atoms with E-state index in [1.807, 2.05) is 0 Å². The Hall–Kier alpha value is -2.58. The standard InChI is InChI=1S/C20H24F3N3O3/c1-12-7-9-13(10-8-12)24-16(27)11-26-17(28)19(2,25-18(26)29)14-5-3-4-6-15(14)20(21,22)23/h3-6,12-13H,7-11H2,1-2H3,(H,24,27)(H,25,29). The summed E-state index contributed by atoms with van der Waals surface area (Å²) in [4.78, 5) is 38.2. The Labute approximate surface area is 166 Å². The Bertz CT molecular complexity index is 819. The molecular formula is C20H24F3N3O3. The molecular weight excluding hydrogens is 387 g/mol. The highest BCUT2D eigenvalue weighted by molar-refractivity contribution is 6.09. The van der Waals surface area contributed by atoms with Gasteiger partial charge in [0.25, 0.3) is 5.91 Å². The average Bonchev–Trinajstić information content (AvgIpc) is 2.87. The van der Waals surface area contributed by atoms with Gasteiger partial charge >= 0.3 is 12.2 Å². The quantitative estimate of drug-likeness (QED) is 0.747. The molecule has 1 aromatic rings. The number of halogens is 3. The van der Waals surface area contributed by atoms with E-state index >= 15 is 0 Å². The fraction of sp³-hybridized carbons (Fsp3) is 0.550. The van der Waals surface area contributed by atoms with Gasteiger partial charge in [-0.05, 0) is 50.2 Å². The van der Waals surface area contributed by atoms with E-state index in [2.05, 4.69) is 17.6 Å². The molecule has 29 heavy (non-hydrogen) atoms. The van der Waals surface area contributed by atoms with Crippen LogP contribution in [0, 0.1) is 5.92 Å². The zero-order valence-corrected chi connectivity index (χ0v) is 16.3. The highest BCUT2D eigenvalue weighted by Crippen LogP contribution is 2.39. The number of rotatable bonds is 4. The maximum Gasteiger partial charge on any atom is 0.416 e. The van der Waals surface area contributed by atoms with Crippen LogP contribution in [0.25, 0.3) is 0 Å². The van der Waals surface area contributed by atoms with Gasteiger partial charge in [0, 0.05) is 6.04 Å². The molecule has 0 spiro atoms. The van der Waals surface area contributed by atoms with Crippen LogP contribution in [0.1, 0.15) is 50.7 Å². The third kappa shape index (κ3) is 4.23. The minimum absolute atomic E-state index is 0.0168. The van der Waals surface area contributed by atoms with Gasteiger partial charge < -0.3 is 10.6 Å². The van der Waals surface area contributed by atoms with Crippen LogP contribution in [0.5, 0.6) is 0 Å². The largest absolute Gasteiger partial charge is 0.416 e. The lowest BCUT2D eigenvalue weighted by Crippen LogP contribution is -2.46. The number of hydrogen-bond acceptors (Lipinski definition) is 3. The van der Waals surface area contributed by atoms with E-state index in [1.54, 1.807) is 0 Å². The second-order valence-electron chi connectivity index (χ2n) is 8.01. The molecule has 1 unspecified atom stereocenters. The number of amides is 4. The lowest BCUT2D eigenvalue weighted by atomic mass is 9.87. The Morgan fingerprint density at radius 2 is 1.83 bits per heavy atom. The second-order valence-corrected chi connectivity index (χ2v) is 8.01. The summed E-state index contributed by atoms with van der Waals surface area (Å²) in [5.41, 5.74) is -3.25. The normalized spacial score (nSPS) is 27.7. The summed E-state index contributed by atoms with van der Waals surface area (Å²) >= 11 is 0. The number of imide groups is 1. The molecule has 158 valence electrons. The first-order chi connectivity index (χ1) is 13.5. The molecule has 1 aliphatic heterocycles. The summed E-state index contributed by atoms with van der Waals surface area (Å²) in [6.45, 7) is 2.84. The van der Waals surface area contributed by atoms with Gasteiger partial charge in [-0.1, -0.05) is 25.1 Å². The number of alkyl halides is 3. The monoisotopic (exact) mass is 411 g/mol. The second kappa shape index (κ2) is 7.68. The number of benzene rings is 1. The third-order valence-electron chi connectivity index (χ3n) is 5.73. The van der Waals surface area contributed by atoms with E-state index in [1.165, 1.54) is 19.1 Å². The van der Waals surface area contributed by atoms with Gasteiger partial charge in [0.05, 0.1) is 5.56 Å². The number of carbonyl (C=O) groups is 3. The van der Waals surface area contributed by atoms with Crippen LogP contribution in [-0.4, -0.2) is 35.3 Å². The number of urea groups is 1. The molecule has 1 heterocycles. The maximum atomic E-state index is 13.4. The van der Waals surface area contributed by atoms with Crippen LogP contribution < -0.4 is 10.6 Å². The van der Waals surface area contributed by atoms with E-state index in [0.717, 1.165) is 37.8 Å². The summed E-state index contributed by atoms with van der Waals surface area (Å²) in [6.07, 6.45) is -1.07. The Kier molecular flexibility index (Phi) is 5.60. The molecule has 1 aromatic carbocycles. The molecule has 1 saturated carbocycles. The van der Waals surface area contributed by atoms with Crippen molar-refractivity contribution in [1.29, 1.82) is 0 Å². The topological polar surface area (TPSA) is 78.5 Å². The molecule has 1 aliphatic carbocycles. The Morgan fingerprint density at radius 1 is 1.21 bits per heavy atom. The van der Waals surface area contributed by atoms with Crippen molar-refractivity contribution in [2.45, 2.75) is 57.3 Å². The van der Waals surface area contributed by atoms with Crippen molar-refractivity contribution in [3.05, 3.63) is 35.4 Å². The molecule has 0 radical (unpaired) electrons. The minimum atomic E-state index is -4.69. The van der Waals surface area contributed by atoms with E-state index < -0.39 is 41.7 Å². The van der Waals surface area contributed by atoms with Crippen molar-refractivity contribution >= 4 is 17.8 Å². The smallest absolute Gasteiger partial charge is 0.352 e. The van der Waals surface area contributed by atoms with Gasteiger partial charge in [-0.25, -0.2) is 4.79 Å². The summed E-state index contributed by atoms with van der Waals surface area (Å²) in [7, 11) is 0. The van der Waals surface area contributed by atoms with Crippen molar-refractivity contribution < 1.29 is 27.6 Å².